The van der Waals surface area contributed by atoms with Crippen molar-refractivity contribution in [3.8, 4) is 0 Å². The molecule has 1 N–H and O–H groups in total. The highest BCUT2D eigenvalue weighted by Crippen LogP contribution is 2.24. The third-order valence-corrected chi connectivity index (χ3v) is 5.74. The Balaban J connectivity index is 0.00000280. The van der Waals surface area contributed by atoms with Gasteiger partial charge in [0.05, 0.1) is 6.04 Å². The van der Waals surface area contributed by atoms with Crippen LogP contribution in [0.3, 0.4) is 0 Å². The summed E-state index contributed by atoms with van der Waals surface area (Å²) in [4.78, 5) is 11.1. The molecular weight excluding hydrogens is 475 g/mol. The predicted molar refractivity (Wildman–Crippen MR) is 120 cm³/mol. The molecule has 28 heavy (non-hydrogen) atoms. The molecule has 0 spiro atoms. The van der Waals surface area contributed by atoms with Crippen LogP contribution in [-0.2, 0) is 0 Å². The minimum Gasteiger partial charge on any atom is -0.354 e. The normalized spacial score (nSPS) is 21.9. The number of benzene rings is 1. The third kappa shape index (κ3) is 5.33. The number of nitrogens with zero attached hydrogens (tertiary/aromatic N) is 4. The van der Waals surface area contributed by atoms with Gasteiger partial charge in [-0.3, -0.25) is 9.89 Å². The predicted octanol–water partition coefficient (Wildman–Crippen LogP) is 2.93. The van der Waals surface area contributed by atoms with Crippen LogP contribution in [-0.4, -0.2) is 80.6 Å². The number of nitrogens with one attached hydrogen (secondary N) is 1. The van der Waals surface area contributed by atoms with Crippen LogP contribution in [0.1, 0.15) is 30.9 Å². The molecule has 3 rings (SSSR count). The Morgan fingerprint density at radius 2 is 1.86 bits per heavy atom. The molecule has 0 aromatic heterocycles. The average molecular weight is 507 g/mol. The summed E-state index contributed by atoms with van der Waals surface area (Å²) < 4.78 is 28.5. The number of aliphatic imine (C=N–C) groups is 1. The topological polar surface area (TPSA) is 34.1 Å². The summed E-state index contributed by atoms with van der Waals surface area (Å²) in [6.07, 6.45) is 3.73. The van der Waals surface area contributed by atoms with Gasteiger partial charge < -0.3 is 15.1 Å². The van der Waals surface area contributed by atoms with Crippen molar-refractivity contribution in [2.24, 2.45) is 4.99 Å². The minimum atomic E-state index is -0.513. The largest absolute Gasteiger partial charge is 0.354 e. The molecule has 1 aromatic rings. The smallest absolute Gasteiger partial charge is 0.193 e. The van der Waals surface area contributed by atoms with Crippen molar-refractivity contribution in [2.45, 2.75) is 31.3 Å². The second-order valence-corrected chi connectivity index (χ2v) is 7.67. The fourth-order valence-corrected chi connectivity index (χ4v) is 4.23. The maximum atomic E-state index is 14.3. The van der Waals surface area contributed by atoms with Crippen molar-refractivity contribution < 1.29 is 8.78 Å². The van der Waals surface area contributed by atoms with Gasteiger partial charge in [-0.1, -0.05) is 6.07 Å². The molecule has 0 amide bonds. The van der Waals surface area contributed by atoms with E-state index >= 15 is 0 Å². The van der Waals surface area contributed by atoms with Gasteiger partial charge in [0.1, 0.15) is 11.6 Å². The molecule has 2 heterocycles. The first-order chi connectivity index (χ1) is 13.0. The zero-order chi connectivity index (χ0) is 19.4. The Morgan fingerprint density at radius 3 is 2.43 bits per heavy atom. The summed E-state index contributed by atoms with van der Waals surface area (Å²) in [5, 5.41) is 3.34. The van der Waals surface area contributed by atoms with E-state index in [4.69, 9.17) is 0 Å². The van der Waals surface area contributed by atoms with Crippen molar-refractivity contribution in [1.82, 2.24) is 20.0 Å². The standard InChI is InChI=1S/C20H31F2N5.HI/c1-23-20(27-12-9-15(14-27)26-10-4-5-11-26)24-13-18(25(2)3)19-16(21)7-6-8-17(19)22;/h6-8,15,18H,4-5,9-14H2,1-3H3,(H,23,24);1H. The molecule has 1 aromatic carbocycles. The van der Waals surface area contributed by atoms with E-state index in [2.05, 4.69) is 20.1 Å². The third-order valence-electron chi connectivity index (χ3n) is 5.74. The number of rotatable bonds is 5. The van der Waals surface area contributed by atoms with Gasteiger partial charge in [0.25, 0.3) is 0 Å². The summed E-state index contributed by atoms with van der Waals surface area (Å²) in [6.45, 7) is 4.70. The summed E-state index contributed by atoms with van der Waals surface area (Å²) >= 11 is 0. The fourth-order valence-electron chi connectivity index (χ4n) is 4.23. The zero-order valence-corrected chi connectivity index (χ0v) is 19.3. The summed E-state index contributed by atoms with van der Waals surface area (Å²) in [7, 11) is 5.43. The average Bonchev–Trinajstić information content (AvgIpc) is 3.31. The van der Waals surface area contributed by atoms with E-state index in [9.17, 15) is 8.78 Å². The minimum absolute atomic E-state index is 0. The molecule has 2 atom stereocenters. The highest BCUT2D eigenvalue weighted by molar-refractivity contribution is 14.0. The second-order valence-electron chi connectivity index (χ2n) is 7.67. The van der Waals surface area contributed by atoms with Crippen molar-refractivity contribution >= 4 is 29.9 Å². The van der Waals surface area contributed by atoms with Crippen LogP contribution in [0.25, 0.3) is 0 Å². The Labute approximate surface area is 184 Å². The molecule has 5 nitrogen and oxygen atoms in total. The number of likely N-dealkylation sites (tertiary alicyclic amines) is 2. The lowest BCUT2D eigenvalue weighted by atomic mass is 10.0. The van der Waals surface area contributed by atoms with Gasteiger partial charge in [0, 0.05) is 38.3 Å². The van der Waals surface area contributed by atoms with Crippen molar-refractivity contribution in [1.29, 1.82) is 0 Å². The molecule has 8 heteroatoms. The molecule has 2 unspecified atom stereocenters. The molecule has 2 fully saturated rings. The number of hydrogen-bond donors (Lipinski definition) is 1. The first-order valence-corrected chi connectivity index (χ1v) is 9.81. The second kappa shape index (κ2) is 10.7. The lowest BCUT2D eigenvalue weighted by molar-refractivity contribution is 0.248. The summed E-state index contributed by atoms with van der Waals surface area (Å²) in [5.74, 6) is -0.221. The van der Waals surface area contributed by atoms with Crippen LogP contribution >= 0.6 is 24.0 Å². The van der Waals surface area contributed by atoms with Crippen LogP contribution in [0.15, 0.2) is 23.2 Å². The van der Waals surface area contributed by atoms with Crippen LogP contribution in [0.5, 0.6) is 0 Å². The van der Waals surface area contributed by atoms with Gasteiger partial charge in [0.2, 0.25) is 0 Å². The van der Waals surface area contributed by atoms with Crippen LogP contribution in [0.4, 0.5) is 8.78 Å². The lowest BCUT2D eigenvalue weighted by Crippen LogP contribution is -2.45. The Morgan fingerprint density at radius 1 is 1.21 bits per heavy atom. The van der Waals surface area contributed by atoms with Gasteiger partial charge in [-0.2, -0.15) is 0 Å². The number of halogens is 3. The molecule has 0 saturated carbocycles. The summed E-state index contributed by atoms with van der Waals surface area (Å²) in [5.41, 5.74) is 0.0989. The van der Waals surface area contributed by atoms with Gasteiger partial charge in [-0.15, -0.1) is 24.0 Å². The molecule has 2 aliphatic heterocycles. The molecule has 0 radical (unpaired) electrons. The SMILES string of the molecule is CN=C(NCC(c1c(F)cccc1F)N(C)C)N1CCC(N2CCCC2)C1.I. The van der Waals surface area contributed by atoms with Crippen LogP contribution < -0.4 is 5.32 Å². The maximum absolute atomic E-state index is 14.3. The highest BCUT2D eigenvalue weighted by atomic mass is 127. The van der Waals surface area contributed by atoms with E-state index in [1.165, 1.54) is 44.1 Å². The monoisotopic (exact) mass is 507 g/mol. The number of guanidine groups is 1. The van der Waals surface area contributed by atoms with Crippen molar-refractivity contribution in [2.75, 3.05) is 53.9 Å². The quantitative estimate of drug-likeness (QED) is 0.378. The molecule has 0 aliphatic carbocycles. The van der Waals surface area contributed by atoms with Crippen LogP contribution in [0, 0.1) is 11.6 Å². The summed E-state index contributed by atoms with van der Waals surface area (Å²) in [6, 6.07) is 4.19. The van der Waals surface area contributed by atoms with E-state index < -0.39 is 17.7 Å². The molecular formula is C20H32F2IN5. The van der Waals surface area contributed by atoms with Gasteiger partial charge in [-0.05, 0) is 58.6 Å². The molecule has 2 aliphatic rings. The van der Waals surface area contributed by atoms with E-state index in [-0.39, 0.29) is 29.5 Å². The molecule has 158 valence electrons. The van der Waals surface area contributed by atoms with E-state index in [0.717, 1.165) is 25.5 Å². The van der Waals surface area contributed by atoms with E-state index in [1.54, 1.807) is 7.05 Å². The Kier molecular flexibility index (Phi) is 8.88. The molecule has 2 saturated heterocycles. The first-order valence-electron chi connectivity index (χ1n) is 9.81. The fraction of sp³-hybridized carbons (Fsp3) is 0.650. The highest BCUT2D eigenvalue weighted by Gasteiger charge is 2.31. The Bertz CT molecular complexity index is 644. The number of hydrogen-bond acceptors (Lipinski definition) is 3. The maximum Gasteiger partial charge on any atom is 0.193 e. The van der Waals surface area contributed by atoms with Crippen LogP contribution in [0.2, 0.25) is 0 Å². The van der Waals surface area contributed by atoms with Gasteiger partial charge in [0.15, 0.2) is 5.96 Å². The van der Waals surface area contributed by atoms with Gasteiger partial charge in [-0.25, -0.2) is 8.78 Å². The van der Waals surface area contributed by atoms with E-state index in [0.29, 0.717) is 12.6 Å². The zero-order valence-electron chi connectivity index (χ0n) is 17.0. The Hall–Kier alpha value is -1.00. The lowest BCUT2D eigenvalue weighted by Gasteiger charge is -2.29. The first kappa shape index (κ1) is 23.3. The van der Waals surface area contributed by atoms with E-state index in [1.807, 2.05) is 19.0 Å². The van der Waals surface area contributed by atoms with Crippen molar-refractivity contribution in [3.05, 3.63) is 35.4 Å². The van der Waals surface area contributed by atoms with Gasteiger partial charge >= 0.3 is 0 Å². The number of likely N-dealkylation sites (N-methyl/N-ethyl adjacent to an activating group) is 1. The molecule has 0 bridgehead atoms. The van der Waals surface area contributed by atoms with Crippen molar-refractivity contribution in [3.63, 3.8) is 0 Å².